The average molecular weight is 470 g/mol. The highest BCUT2D eigenvalue weighted by atomic mass is 127. The molecule has 1 heterocycles. The molecule has 5 aliphatic rings. The second kappa shape index (κ2) is 6.08. The highest BCUT2D eigenvalue weighted by Gasteiger charge is 2.62. The van der Waals surface area contributed by atoms with E-state index in [1.807, 2.05) is 0 Å². The van der Waals surface area contributed by atoms with E-state index in [-0.39, 0.29) is 3.92 Å². The molecule has 3 nitrogen and oxygen atoms in total. The summed E-state index contributed by atoms with van der Waals surface area (Å²) in [5.74, 6) is 3.01. The summed E-state index contributed by atoms with van der Waals surface area (Å²) in [6.07, 6.45) is 12.1. The van der Waals surface area contributed by atoms with E-state index in [1.54, 1.807) is 0 Å². The van der Waals surface area contributed by atoms with Crippen molar-refractivity contribution in [1.29, 1.82) is 0 Å². The van der Waals surface area contributed by atoms with Gasteiger partial charge in [-0.2, -0.15) is 0 Å². The Morgan fingerprint density at radius 2 is 1.73 bits per heavy atom. The van der Waals surface area contributed by atoms with Gasteiger partial charge in [-0.05, 0) is 86.4 Å². The van der Waals surface area contributed by atoms with Crippen LogP contribution in [0, 0.1) is 28.6 Å². The summed E-state index contributed by atoms with van der Waals surface area (Å²) in [6.45, 7) is 5.16. The van der Waals surface area contributed by atoms with Crippen molar-refractivity contribution in [1.82, 2.24) is 10.2 Å². The number of alkyl halides is 1. The van der Waals surface area contributed by atoms with Crippen LogP contribution >= 0.6 is 22.6 Å². The molecular weight excluding hydrogens is 435 g/mol. The van der Waals surface area contributed by atoms with Gasteiger partial charge in [0, 0.05) is 25.2 Å². The predicted octanol–water partition coefficient (Wildman–Crippen LogP) is 4.38. The minimum atomic E-state index is 0.179. The number of rotatable bonds is 2. The van der Waals surface area contributed by atoms with Gasteiger partial charge >= 0.3 is 0 Å². The Balaban J connectivity index is 1.41. The minimum Gasteiger partial charge on any atom is -0.341 e. The van der Waals surface area contributed by atoms with Crippen molar-refractivity contribution in [2.24, 2.45) is 28.6 Å². The van der Waals surface area contributed by atoms with Crippen LogP contribution in [0.25, 0.3) is 0 Å². The molecule has 1 saturated heterocycles. The van der Waals surface area contributed by atoms with Crippen molar-refractivity contribution in [3.05, 3.63) is 0 Å². The van der Waals surface area contributed by atoms with E-state index in [4.69, 9.17) is 0 Å². The second-order valence-corrected chi connectivity index (χ2v) is 12.2. The normalized spacial score (nSPS) is 53.8. The maximum absolute atomic E-state index is 12.6. The summed E-state index contributed by atoms with van der Waals surface area (Å²) in [4.78, 5) is 14.7. The van der Waals surface area contributed by atoms with E-state index in [0.717, 1.165) is 36.3 Å². The Morgan fingerprint density at radius 1 is 1.00 bits per heavy atom. The first-order valence-electron chi connectivity index (χ1n) is 11.0. The number of amides is 1. The van der Waals surface area contributed by atoms with Gasteiger partial charge in [-0.25, -0.2) is 0 Å². The molecule has 0 radical (unpaired) electrons. The molecule has 1 aliphatic heterocycles. The minimum absolute atomic E-state index is 0.179. The number of fused-ring (bicyclic) bond motifs is 5. The summed E-state index contributed by atoms with van der Waals surface area (Å²) in [5, 5.41) is 4.02. The summed E-state index contributed by atoms with van der Waals surface area (Å²) in [5.41, 5.74) is 0.855. The largest absolute Gasteiger partial charge is 0.341 e. The number of carbonyl (C=O) groups excluding carboxylic acids is 1. The molecule has 4 saturated carbocycles. The molecule has 3 unspecified atom stereocenters. The molecule has 4 aliphatic carbocycles. The van der Waals surface area contributed by atoms with Crippen molar-refractivity contribution in [2.75, 3.05) is 7.05 Å². The van der Waals surface area contributed by atoms with Gasteiger partial charge in [0.1, 0.15) is 0 Å². The molecular formula is C22H35IN2O. The number of likely N-dealkylation sites (tertiary alicyclic amines) is 1. The fraction of sp³-hybridized carbons (Fsp3) is 0.955. The van der Waals surface area contributed by atoms with Gasteiger partial charge < -0.3 is 10.2 Å². The standard InChI is InChI=1S/C22H35IN2O/c1-21-11-10-16-14(15(21)7-8-18(21)24-13-4-5-13)6-9-19-22(16,2)12-17(23)20(26)25(19)3/h13-19,24H,4-12H2,1-3H3/t14-,15-,16+,17?,18?,19?,21-,22+/m0/s1. The fourth-order valence-corrected chi connectivity index (χ4v) is 9.40. The van der Waals surface area contributed by atoms with Crippen LogP contribution in [0.2, 0.25) is 0 Å². The molecule has 1 amide bonds. The first-order valence-corrected chi connectivity index (χ1v) is 12.3. The molecule has 1 N–H and O–H groups in total. The molecule has 4 heteroatoms. The van der Waals surface area contributed by atoms with Crippen molar-refractivity contribution >= 4 is 28.5 Å². The van der Waals surface area contributed by atoms with E-state index in [9.17, 15) is 4.79 Å². The van der Waals surface area contributed by atoms with Crippen molar-refractivity contribution < 1.29 is 4.79 Å². The molecule has 0 aromatic carbocycles. The Bertz CT molecular complexity index is 607. The number of carbonyl (C=O) groups is 1. The predicted molar refractivity (Wildman–Crippen MR) is 113 cm³/mol. The third-order valence-corrected chi connectivity index (χ3v) is 10.5. The van der Waals surface area contributed by atoms with Gasteiger partial charge in [-0.1, -0.05) is 36.4 Å². The Hall–Kier alpha value is 0.160. The lowest BCUT2D eigenvalue weighted by molar-refractivity contribution is -0.155. The molecule has 146 valence electrons. The zero-order valence-electron chi connectivity index (χ0n) is 16.6. The van der Waals surface area contributed by atoms with Crippen LogP contribution in [0.5, 0.6) is 0 Å². The smallest absolute Gasteiger partial charge is 0.235 e. The van der Waals surface area contributed by atoms with Gasteiger partial charge in [0.15, 0.2) is 0 Å². The van der Waals surface area contributed by atoms with Crippen LogP contribution < -0.4 is 5.32 Å². The monoisotopic (exact) mass is 470 g/mol. The number of nitrogens with one attached hydrogen (secondary N) is 1. The number of piperidine rings is 1. The molecule has 0 aromatic rings. The first-order chi connectivity index (χ1) is 12.3. The van der Waals surface area contributed by atoms with Crippen LogP contribution in [0.3, 0.4) is 0 Å². The number of nitrogens with zero attached hydrogens (tertiary/aromatic N) is 1. The highest BCUT2D eigenvalue weighted by molar-refractivity contribution is 14.1. The Morgan fingerprint density at radius 3 is 2.46 bits per heavy atom. The van der Waals surface area contributed by atoms with Gasteiger partial charge in [0.25, 0.3) is 0 Å². The zero-order chi connectivity index (χ0) is 18.3. The van der Waals surface area contributed by atoms with E-state index >= 15 is 0 Å². The first kappa shape index (κ1) is 18.2. The molecule has 0 aromatic heterocycles. The van der Waals surface area contributed by atoms with Crippen molar-refractivity contribution in [2.45, 2.75) is 93.7 Å². The maximum atomic E-state index is 12.6. The second-order valence-electron chi connectivity index (χ2n) is 10.7. The van der Waals surface area contributed by atoms with Crippen LogP contribution in [0.4, 0.5) is 0 Å². The number of hydrogen-bond acceptors (Lipinski definition) is 2. The van der Waals surface area contributed by atoms with Crippen LogP contribution in [0.1, 0.15) is 71.6 Å². The number of halogens is 1. The molecule has 8 atom stereocenters. The van der Waals surface area contributed by atoms with E-state index in [2.05, 4.69) is 53.7 Å². The van der Waals surface area contributed by atoms with Gasteiger partial charge in [0.05, 0.1) is 3.92 Å². The molecule has 26 heavy (non-hydrogen) atoms. The summed E-state index contributed by atoms with van der Waals surface area (Å²) < 4.78 is 0.179. The van der Waals surface area contributed by atoms with E-state index in [0.29, 0.717) is 22.8 Å². The van der Waals surface area contributed by atoms with Gasteiger partial charge in [-0.15, -0.1) is 0 Å². The summed E-state index contributed by atoms with van der Waals surface area (Å²) >= 11 is 2.42. The Labute approximate surface area is 172 Å². The van der Waals surface area contributed by atoms with Gasteiger partial charge in [-0.3, -0.25) is 4.79 Å². The summed E-state index contributed by atoms with van der Waals surface area (Å²) in [6, 6.07) is 2.08. The quantitative estimate of drug-likeness (QED) is 0.480. The van der Waals surface area contributed by atoms with Crippen molar-refractivity contribution in [3.8, 4) is 0 Å². The van der Waals surface area contributed by atoms with Crippen LogP contribution in [-0.2, 0) is 4.79 Å². The van der Waals surface area contributed by atoms with Crippen LogP contribution in [-0.4, -0.2) is 39.9 Å². The topological polar surface area (TPSA) is 32.3 Å². The van der Waals surface area contributed by atoms with E-state index < -0.39 is 0 Å². The van der Waals surface area contributed by atoms with Crippen LogP contribution in [0.15, 0.2) is 0 Å². The molecule has 0 bridgehead atoms. The van der Waals surface area contributed by atoms with Crippen molar-refractivity contribution in [3.63, 3.8) is 0 Å². The lowest BCUT2D eigenvalue weighted by Crippen LogP contribution is -2.64. The van der Waals surface area contributed by atoms with E-state index in [1.165, 1.54) is 51.4 Å². The van der Waals surface area contributed by atoms with Gasteiger partial charge in [0.2, 0.25) is 5.91 Å². The Kier molecular flexibility index (Phi) is 4.26. The lowest BCUT2D eigenvalue weighted by Gasteiger charge is -2.62. The third kappa shape index (κ3) is 2.49. The zero-order valence-corrected chi connectivity index (χ0v) is 18.8. The maximum Gasteiger partial charge on any atom is 0.235 e. The summed E-state index contributed by atoms with van der Waals surface area (Å²) in [7, 11) is 2.08. The highest BCUT2D eigenvalue weighted by Crippen LogP contribution is 2.65. The fourth-order valence-electron chi connectivity index (χ4n) is 8.02. The average Bonchev–Trinajstić information content (AvgIpc) is 3.35. The lowest BCUT2D eigenvalue weighted by atomic mass is 9.47. The molecule has 0 spiro atoms. The third-order valence-electron chi connectivity index (χ3n) is 9.54. The molecule has 5 rings (SSSR count). The molecule has 5 fully saturated rings. The number of hydrogen-bond donors (Lipinski definition) is 1. The SMILES string of the molecule is CN1C(=O)C(I)C[C@@]2(C)C1CC[C@@H]1[C@H]2CC[C@]2(C)C(NC3CC3)CC[C@@H]12.